The van der Waals surface area contributed by atoms with Crippen LogP contribution in [0.3, 0.4) is 0 Å². The summed E-state index contributed by atoms with van der Waals surface area (Å²) in [6.07, 6.45) is 5.07. The Morgan fingerprint density at radius 1 is 1.26 bits per heavy atom. The Labute approximate surface area is 163 Å². The number of carbonyl (C=O) groups excluding carboxylic acids is 2. The quantitative estimate of drug-likeness (QED) is 0.729. The molecule has 0 aliphatic heterocycles. The number of methoxy groups -OCH3 is 1. The zero-order chi connectivity index (χ0) is 19.1. The van der Waals surface area contributed by atoms with Crippen LogP contribution in [-0.2, 0) is 22.4 Å². The maximum Gasteiger partial charge on any atom is 0.229 e. The molecule has 2 N–H and O–H groups in total. The molecule has 27 heavy (non-hydrogen) atoms. The van der Waals surface area contributed by atoms with Crippen LogP contribution in [0.25, 0.3) is 0 Å². The summed E-state index contributed by atoms with van der Waals surface area (Å²) in [4.78, 5) is 28.6. The molecule has 0 unspecified atom stereocenters. The fourth-order valence-corrected chi connectivity index (χ4v) is 4.03. The summed E-state index contributed by atoms with van der Waals surface area (Å²) in [5.74, 6) is 0.906. The van der Waals surface area contributed by atoms with Gasteiger partial charge >= 0.3 is 0 Å². The molecule has 3 rings (SSSR count). The van der Waals surface area contributed by atoms with Crippen LogP contribution in [0.5, 0.6) is 5.75 Å². The highest BCUT2D eigenvalue weighted by Crippen LogP contribution is 2.26. The largest absolute Gasteiger partial charge is 0.496 e. The van der Waals surface area contributed by atoms with Crippen LogP contribution in [0, 0.1) is 5.92 Å². The Bertz CT molecular complexity index is 784. The summed E-state index contributed by atoms with van der Waals surface area (Å²) in [6, 6.07) is 7.78. The summed E-state index contributed by atoms with van der Waals surface area (Å²) < 4.78 is 5.31. The predicted molar refractivity (Wildman–Crippen MR) is 106 cm³/mol. The molecule has 6 nitrogen and oxygen atoms in total. The molecule has 0 atom stereocenters. The smallest absolute Gasteiger partial charge is 0.229 e. The van der Waals surface area contributed by atoms with Crippen molar-refractivity contribution in [3.8, 4) is 5.75 Å². The fraction of sp³-hybridized carbons (Fsp3) is 0.450. The van der Waals surface area contributed by atoms with Crippen LogP contribution < -0.4 is 15.4 Å². The van der Waals surface area contributed by atoms with Crippen LogP contribution in [0.2, 0.25) is 0 Å². The third-order valence-corrected chi connectivity index (χ3v) is 5.57. The predicted octanol–water partition coefficient (Wildman–Crippen LogP) is 3.18. The van der Waals surface area contributed by atoms with E-state index in [9.17, 15) is 9.59 Å². The summed E-state index contributed by atoms with van der Waals surface area (Å²) in [5, 5.41) is 8.18. The lowest BCUT2D eigenvalue weighted by Gasteiger charge is -2.09. The number of benzene rings is 1. The van der Waals surface area contributed by atoms with Gasteiger partial charge < -0.3 is 15.4 Å². The van der Waals surface area contributed by atoms with E-state index in [2.05, 4.69) is 15.6 Å². The number of amides is 2. The highest BCUT2D eigenvalue weighted by molar-refractivity contribution is 7.13. The number of hydrogen-bond acceptors (Lipinski definition) is 5. The van der Waals surface area contributed by atoms with E-state index in [1.165, 1.54) is 11.3 Å². The molecule has 0 radical (unpaired) electrons. The van der Waals surface area contributed by atoms with E-state index in [1.807, 2.05) is 29.6 Å². The van der Waals surface area contributed by atoms with Gasteiger partial charge in [-0.25, -0.2) is 4.98 Å². The average molecular weight is 388 g/mol. The van der Waals surface area contributed by atoms with Gasteiger partial charge in [0, 0.05) is 17.8 Å². The average Bonchev–Trinajstić information content (AvgIpc) is 3.34. The lowest BCUT2D eigenvalue weighted by atomic mass is 10.1. The molecule has 1 fully saturated rings. The second-order valence-electron chi connectivity index (χ2n) is 6.70. The Kier molecular flexibility index (Phi) is 6.81. The highest BCUT2D eigenvalue weighted by atomic mass is 32.1. The van der Waals surface area contributed by atoms with Crippen molar-refractivity contribution >= 4 is 28.3 Å². The topological polar surface area (TPSA) is 80.3 Å². The summed E-state index contributed by atoms with van der Waals surface area (Å²) in [6.45, 7) is 0.536. The van der Waals surface area contributed by atoms with E-state index < -0.39 is 0 Å². The maximum absolute atomic E-state index is 12.1. The van der Waals surface area contributed by atoms with Crippen molar-refractivity contribution < 1.29 is 14.3 Å². The zero-order valence-corrected chi connectivity index (χ0v) is 16.3. The highest BCUT2D eigenvalue weighted by Gasteiger charge is 2.23. The van der Waals surface area contributed by atoms with Gasteiger partial charge in [0.25, 0.3) is 0 Å². The third kappa shape index (κ3) is 5.53. The molecule has 7 heteroatoms. The first-order valence-corrected chi connectivity index (χ1v) is 10.2. The van der Waals surface area contributed by atoms with Gasteiger partial charge in [-0.2, -0.15) is 0 Å². The molecular formula is C20H25N3O3S. The van der Waals surface area contributed by atoms with Gasteiger partial charge in [-0.3, -0.25) is 9.59 Å². The number of para-hydroxylation sites is 1. The van der Waals surface area contributed by atoms with Crippen LogP contribution >= 0.6 is 11.3 Å². The van der Waals surface area contributed by atoms with Crippen molar-refractivity contribution in [3.05, 3.63) is 40.9 Å². The van der Waals surface area contributed by atoms with Gasteiger partial charge in [0.2, 0.25) is 11.8 Å². The number of hydrogen-bond donors (Lipinski definition) is 2. The van der Waals surface area contributed by atoms with Crippen LogP contribution in [-0.4, -0.2) is 30.5 Å². The van der Waals surface area contributed by atoms with Crippen molar-refractivity contribution in [3.63, 3.8) is 0 Å². The van der Waals surface area contributed by atoms with E-state index in [1.54, 1.807) is 7.11 Å². The van der Waals surface area contributed by atoms with E-state index in [4.69, 9.17) is 4.74 Å². The molecule has 1 saturated carbocycles. The molecule has 2 amide bonds. The van der Waals surface area contributed by atoms with Crippen molar-refractivity contribution in [2.75, 3.05) is 19.0 Å². The van der Waals surface area contributed by atoms with Gasteiger partial charge in [0.05, 0.1) is 19.2 Å². The Hall–Kier alpha value is -2.41. The monoisotopic (exact) mass is 387 g/mol. The Balaban J connectivity index is 1.43. The molecule has 1 aromatic carbocycles. The lowest BCUT2D eigenvalue weighted by Crippen LogP contribution is -2.27. The van der Waals surface area contributed by atoms with Crippen molar-refractivity contribution in [1.29, 1.82) is 0 Å². The number of thiazole rings is 1. The normalized spacial score (nSPS) is 14.1. The Morgan fingerprint density at radius 3 is 2.81 bits per heavy atom. The molecule has 1 aliphatic rings. The van der Waals surface area contributed by atoms with Gasteiger partial charge in [0.1, 0.15) is 5.75 Å². The molecule has 0 saturated heterocycles. The van der Waals surface area contributed by atoms with Crippen molar-refractivity contribution in [2.45, 2.75) is 38.5 Å². The number of rotatable bonds is 8. The van der Waals surface area contributed by atoms with E-state index in [-0.39, 0.29) is 24.2 Å². The summed E-state index contributed by atoms with van der Waals surface area (Å²) >= 11 is 1.36. The molecule has 2 aromatic rings. The standard InChI is InChI=1S/C20H25N3O3S/c1-26-17-9-5-4-6-14(17)10-11-21-18(24)12-16-13-27-20(22-16)23-19(25)15-7-2-3-8-15/h4-6,9,13,15H,2-3,7-8,10-12H2,1H3,(H,21,24)(H,22,23,25). The SMILES string of the molecule is COc1ccccc1CCNC(=O)Cc1csc(NC(=O)C2CCCC2)n1. The first-order chi connectivity index (χ1) is 13.2. The van der Waals surface area contributed by atoms with Gasteiger partial charge in [-0.15, -0.1) is 11.3 Å². The number of aromatic nitrogens is 1. The Morgan fingerprint density at radius 2 is 2.04 bits per heavy atom. The summed E-state index contributed by atoms with van der Waals surface area (Å²) in [5.41, 5.74) is 1.74. The van der Waals surface area contributed by atoms with Crippen molar-refractivity contribution in [1.82, 2.24) is 10.3 Å². The molecule has 0 spiro atoms. The van der Waals surface area contributed by atoms with Crippen LogP contribution in [0.15, 0.2) is 29.6 Å². The minimum Gasteiger partial charge on any atom is -0.496 e. The first kappa shape index (κ1) is 19.4. The van der Waals surface area contributed by atoms with E-state index in [0.717, 1.165) is 37.0 Å². The number of nitrogens with zero attached hydrogens (tertiary/aromatic N) is 1. The maximum atomic E-state index is 12.1. The second kappa shape index (κ2) is 9.50. The number of nitrogens with one attached hydrogen (secondary N) is 2. The lowest BCUT2D eigenvalue weighted by molar-refractivity contribution is -0.120. The number of carbonyl (C=O) groups is 2. The second-order valence-corrected chi connectivity index (χ2v) is 7.56. The van der Waals surface area contributed by atoms with Crippen molar-refractivity contribution in [2.24, 2.45) is 5.92 Å². The molecule has 1 heterocycles. The number of anilines is 1. The van der Waals surface area contributed by atoms with Gasteiger partial charge in [-0.05, 0) is 30.9 Å². The molecule has 144 valence electrons. The van der Waals surface area contributed by atoms with E-state index in [0.29, 0.717) is 23.8 Å². The first-order valence-electron chi connectivity index (χ1n) is 9.29. The molecular weight excluding hydrogens is 362 g/mol. The minimum absolute atomic E-state index is 0.0506. The molecule has 1 aliphatic carbocycles. The molecule has 1 aromatic heterocycles. The fourth-order valence-electron chi connectivity index (χ4n) is 3.31. The number of ether oxygens (including phenoxy) is 1. The van der Waals surface area contributed by atoms with Crippen LogP contribution in [0.4, 0.5) is 5.13 Å². The third-order valence-electron chi connectivity index (χ3n) is 4.76. The minimum atomic E-state index is -0.0798. The van der Waals surface area contributed by atoms with Gasteiger partial charge in [0.15, 0.2) is 5.13 Å². The van der Waals surface area contributed by atoms with E-state index >= 15 is 0 Å². The van der Waals surface area contributed by atoms with Crippen LogP contribution in [0.1, 0.15) is 36.9 Å². The zero-order valence-electron chi connectivity index (χ0n) is 15.5. The van der Waals surface area contributed by atoms with Gasteiger partial charge in [-0.1, -0.05) is 31.0 Å². The summed E-state index contributed by atoms with van der Waals surface area (Å²) in [7, 11) is 1.64. The molecule has 0 bridgehead atoms.